The van der Waals surface area contributed by atoms with Gasteiger partial charge >= 0.3 is 0 Å². The summed E-state index contributed by atoms with van der Waals surface area (Å²) < 4.78 is 21.4. The van der Waals surface area contributed by atoms with Crippen LogP contribution in [0.5, 0.6) is 0 Å². The van der Waals surface area contributed by atoms with Gasteiger partial charge < -0.3 is 15.2 Å². The Kier molecular flexibility index (Phi) is 6.42. The van der Waals surface area contributed by atoms with Gasteiger partial charge in [0, 0.05) is 22.4 Å². The van der Waals surface area contributed by atoms with E-state index in [4.69, 9.17) is 11.6 Å². The monoisotopic (exact) mass is 460 g/mol. The Morgan fingerprint density at radius 2 is 2.06 bits per heavy atom. The normalized spacial score (nSPS) is 24.8. The smallest absolute Gasteiger partial charge is 0.239 e. The first-order valence-corrected chi connectivity index (χ1v) is 12.5. The molecule has 0 spiro atoms. The van der Waals surface area contributed by atoms with Crippen LogP contribution in [0.2, 0.25) is 0 Å². The van der Waals surface area contributed by atoms with Crippen molar-refractivity contribution in [2.75, 3.05) is 11.2 Å². The molecule has 166 valence electrons. The number of nitrogens with one attached hydrogen (secondary N) is 2. The van der Waals surface area contributed by atoms with Crippen molar-refractivity contribution in [2.45, 2.75) is 52.4 Å². The number of fused-ring (bicyclic) bond motifs is 1. The molecule has 1 aromatic rings. The number of halogens is 1. The minimum absolute atomic E-state index is 0.103. The van der Waals surface area contributed by atoms with E-state index in [9.17, 15) is 13.6 Å². The van der Waals surface area contributed by atoms with Crippen molar-refractivity contribution < 1.29 is 13.6 Å². The van der Waals surface area contributed by atoms with Crippen molar-refractivity contribution >= 4 is 40.0 Å². The molecule has 5 nitrogen and oxygen atoms in total. The summed E-state index contributed by atoms with van der Waals surface area (Å²) in [6.07, 6.45) is 10.4. The van der Waals surface area contributed by atoms with Gasteiger partial charge in [0.25, 0.3) is 0 Å². The number of alkyl halides is 1. The van der Waals surface area contributed by atoms with Crippen molar-refractivity contribution in [3.63, 3.8) is 0 Å². The highest BCUT2D eigenvalue weighted by Gasteiger charge is 2.46. The van der Waals surface area contributed by atoms with E-state index in [-0.39, 0.29) is 17.2 Å². The van der Waals surface area contributed by atoms with Crippen LogP contribution in [0.25, 0.3) is 5.70 Å². The third-order valence-corrected chi connectivity index (χ3v) is 7.70. The maximum absolute atomic E-state index is 12.1. The van der Waals surface area contributed by atoms with Gasteiger partial charge in [-0.1, -0.05) is 37.5 Å². The molecule has 31 heavy (non-hydrogen) atoms. The highest BCUT2D eigenvalue weighted by atomic mass is 35.5. The third kappa shape index (κ3) is 4.26. The lowest BCUT2D eigenvalue weighted by atomic mass is 9.67. The summed E-state index contributed by atoms with van der Waals surface area (Å²) in [5.74, 6) is 0.0989. The molecule has 2 unspecified atom stereocenters. The summed E-state index contributed by atoms with van der Waals surface area (Å²) in [4.78, 5) is 12.5. The summed E-state index contributed by atoms with van der Waals surface area (Å²) in [5, 5.41) is 6.56. The van der Waals surface area contributed by atoms with Gasteiger partial charge in [0.05, 0.1) is 10.6 Å². The van der Waals surface area contributed by atoms with E-state index in [1.165, 1.54) is 24.8 Å². The van der Waals surface area contributed by atoms with Gasteiger partial charge in [-0.15, -0.1) is 11.6 Å². The summed E-state index contributed by atoms with van der Waals surface area (Å²) in [6.45, 7) is 4.22. The van der Waals surface area contributed by atoms with Gasteiger partial charge in [-0.3, -0.25) is 4.79 Å². The first-order chi connectivity index (χ1) is 14.8. The zero-order valence-corrected chi connectivity index (χ0v) is 19.5. The highest BCUT2D eigenvalue weighted by Crippen LogP contribution is 2.55. The third-order valence-electron chi connectivity index (χ3n) is 6.77. The Morgan fingerprint density at radius 1 is 1.32 bits per heavy atom. The Balaban J connectivity index is 1.86. The highest BCUT2D eigenvalue weighted by molar-refractivity contribution is 7.83. The Bertz CT molecular complexity index is 1020. The largest absolute Gasteiger partial charge is 0.358 e. The van der Waals surface area contributed by atoms with E-state index in [0.29, 0.717) is 17.2 Å². The van der Waals surface area contributed by atoms with Crippen molar-refractivity contribution in [2.24, 2.45) is 11.3 Å². The minimum atomic E-state index is -2.01. The molecular formula is C24H29ClN2O3S. The van der Waals surface area contributed by atoms with E-state index in [1.807, 2.05) is 37.3 Å². The Labute approximate surface area is 191 Å². The number of carbonyl (C=O) groups is 1. The molecule has 1 aromatic carbocycles. The molecule has 0 bridgehead atoms. The number of amides is 1. The molecule has 0 aromatic heterocycles. The first kappa shape index (κ1) is 22.3. The molecule has 2 aliphatic carbocycles. The van der Waals surface area contributed by atoms with Crippen LogP contribution in [0.15, 0.2) is 46.5 Å². The molecule has 1 aliphatic heterocycles. The molecule has 1 fully saturated rings. The second kappa shape index (κ2) is 8.93. The van der Waals surface area contributed by atoms with Gasteiger partial charge in [-0.25, -0.2) is 4.21 Å². The standard InChI is InChI=1S/C24H29ClN2O3S/c1-15-8-9-18(19(12-15)26-21(28)14-25)23-22(16-6-4-3-5-7-16)24(2)11-10-17(31(29)30)13-20(24)27-23/h8-10,12-13,16,27H,3-7,11,14H2,1-2H3,(H,26,28)(H,29,30). The lowest BCUT2D eigenvalue weighted by molar-refractivity contribution is -0.113. The summed E-state index contributed by atoms with van der Waals surface area (Å²) in [6, 6.07) is 6.06. The topological polar surface area (TPSA) is 78.4 Å². The fourth-order valence-electron chi connectivity index (χ4n) is 5.23. The lowest BCUT2D eigenvalue weighted by Gasteiger charge is -2.36. The van der Waals surface area contributed by atoms with Gasteiger partial charge in [0.2, 0.25) is 5.91 Å². The summed E-state index contributed by atoms with van der Waals surface area (Å²) in [5.41, 5.74) is 5.80. The molecule has 0 radical (unpaired) electrons. The van der Waals surface area contributed by atoms with Crippen LogP contribution in [0, 0.1) is 18.3 Å². The molecule has 0 saturated heterocycles. The quantitative estimate of drug-likeness (QED) is 0.402. The molecule has 1 heterocycles. The number of allylic oxidation sites excluding steroid dienone is 3. The zero-order chi connectivity index (χ0) is 22.2. The van der Waals surface area contributed by atoms with E-state index >= 15 is 0 Å². The van der Waals surface area contributed by atoms with E-state index < -0.39 is 11.1 Å². The number of aryl methyl sites for hydroxylation is 1. The first-order valence-electron chi connectivity index (χ1n) is 10.8. The SMILES string of the molecule is Cc1ccc(C2=C(C3CCCCC3)C3(C)CC=C(S(=O)O)C=C3N2)c(NC(=O)CCl)c1. The molecule has 1 amide bonds. The molecule has 7 heteroatoms. The predicted octanol–water partition coefficient (Wildman–Crippen LogP) is 5.47. The average molecular weight is 461 g/mol. The van der Waals surface area contributed by atoms with E-state index in [2.05, 4.69) is 17.6 Å². The minimum Gasteiger partial charge on any atom is -0.358 e. The number of carbonyl (C=O) groups excluding carboxylic acids is 1. The molecule has 3 aliphatic rings. The average Bonchev–Trinajstić information content (AvgIpc) is 3.06. The van der Waals surface area contributed by atoms with Crippen molar-refractivity contribution in [1.82, 2.24) is 5.32 Å². The van der Waals surface area contributed by atoms with Crippen LogP contribution >= 0.6 is 11.6 Å². The number of rotatable bonds is 5. The number of hydrogen-bond acceptors (Lipinski definition) is 3. The number of benzene rings is 1. The maximum atomic E-state index is 12.1. The molecule has 4 rings (SSSR count). The maximum Gasteiger partial charge on any atom is 0.239 e. The van der Waals surface area contributed by atoms with Crippen LogP contribution < -0.4 is 10.6 Å². The fourth-order valence-corrected chi connectivity index (χ4v) is 5.74. The van der Waals surface area contributed by atoms with Crippen molar-refractivity contribution in [3.8, 4) is 0 Å². The second-order valence-electron chi connectivity index (χ2n) is 8.93. The van der Waals surface area contributed by atoms with Crippen LogP contribution in [0.4, 0.5) is 5.69 Å². The Hall–Kier alpha value is -1.89. The van der Waals surface area contributed by atoms with Crippen LogP contribution in [-0.2, 0) is 15.9 Å². The van der Waals surface area contributed by atoms with E-state index in [1.54, 1.807) is 0 Å². The zero-order valence-electron chi connectivity index (χ0n) is 18.0. The number of hydrogen-bond donors (Lipinski definition) is 3. The number of anilines is 1. The molecule has 2 atom stereocenters. The van der Waals surface area contributed by atoms with Crippen LogP contribution in [0.3, 0.4) is 0 Å². The Morgan fingerprint density at radius 3 is 2.74 bits per heavy atom. The lowest BCUT2D eigenvalue weighted by Crippen LogP contribution is -2.28. The summed E-state index contributed by atoms with van der Waals surface area (Å²) in [7, 11) is 0. The second-order valence-corrected chi connectivity index (χ2v) is 10.2. The van der Waals surface area contributed by atoms with Gasteiger partial charge in [-0.05, 0) is 62.3 Å². The van der Waals surface area contributed by atoms with Crippen molar-refractivity contribution in [1.29, 1.82) is 0 Å². The molecule has 3 N–H and O–H groups in total. The molecular weight excluding hydrogens is 432 g/mol. The van der Waals surface area contributed by atoms with Crippen LogP contribution in [-0.4, -0.2) is 20.5 Å². The van der Waals surface area contributed by atoms with Crippen LogP contribution in [0.1, 0.15) is 56.6 Å². The van der Waals surface area contributed by atoms with Gasteiger partial charge in [0.1, 0.15) is 5.88 Å². The van der Waals surface area contributed by atoms with Gasteiger partial charge in [-0.2, -0.15) is 0 Å². The van der Waals surface area contributed by atoms with E-state index in [0.717, 1.165) is 41.1 Å². The summed E-state index contributed by atoms with van der Waals surface area (Å²) >= 11 is 3.75. The fraction of sp³-hybridized carbons (Fsp3) is 0.458. The van der Waals surface area contributed by atoms with Gasteiger partial charge in [0.15, 0.2) is 11.1 Å². The molecule has 1 saturated carbocycles. The predicted molar refractivity (Wildman–Crippen MR) is 127 cm³/mol. The van der Waals surface area contributed by atoms with Crippen molar-refractivity contribution in [3.05, 3.63) is 57.7 Å².